The number of hydrogen-bond acceptors (Lipinski definition) is 1. The third-order valence-electron chi connectivity index (χ3n) is 4.35. The number of nitrogens with zero attached hydrogens (tertiary/aromatic N) is 1. The number of benzene rings is 1. The first-order chi connectivity index (χ1) is 9.15. The Kier molecular flexibility index (Phi) is 3.05. The Hall–Kier alpha value is -1.77. The summed E-state index contributed by atoms with van der Waals surface area (Å²) in [4.78, 5) is 11.1. The van der Waals surface area contributed by atoms with Crippen LogP contribution >= 0.6 is 0 Å². The van der Waals surface area contributed by atoms with E-state index < -0.39 is 11.9 Å². The summed E-state index contributed by atoms with van der Waals surface area (Å²) in [6.07, 6.45) is 6.12. The first-order valence-corrected chi connectivity index (χ1v) is 6.97. The number of rotatable bonds is 4. The molecule has 1 aromatic heterocycles. The van der Waals surface area contributed by atoms with Crippen molar-refractivity contribution >= 4 is 16.9 Å². The molecule has 1 saturated carbocycles. The molecular weight excluding hydrogens is 238 g/mol. The minimum atomic E-state index is -0.767. The summed E-state index contributed by atoms with van der Waals surface area (Å²) in [6.45, 7) is 2.80. The molecule has 1 aromatic carbocycles. The van der Waals surface area contributed by atoms with Gasteiger partial charge < -0.3 is 9.67 Å². The maximum atomic E-state index is 11.1. The molecule has 2 aromatic rings. The van der Waals surface area contributed by atoms with Crippen molar-refractivity contribution < 1.29 is 9.90 Å². The molecule has 100 valence electrons. The zero-order valence-electron chi connectivity index (χ0n) is 11.2. The molecule has 0 aliphatic heterocycles. The molecule has 0 spiro atoms. The van der Waals surface area contributed by atoms with Gasteiger partial charge in [-0.25, -0.2) is 0 Å². The third kappa shape index (κ3) is 2.25. The molecule has 3 rings (SSSR count). The van der Waals surface area contributed by atoms with E-state index in [0.29, 0.717) is 0 Å². The van der Waals surface area contributed by atoms with Crippen LogP contribution in [-0.2, 0) is 11.3 Å². The Bertz CT molecular complexity index is 610. The highest BCUT2D eigenvalue weighted by Gasteiger charge is 2.19. The second-order valence-corrected chi connectivity index (χ2v) is 5.64. The lowest BCUT2D eigenvalue weighted by atomic mass is 9.85. The zero-order valence-corrected chi connectivity index (χ0v) is 11.2. The highest BCUT2D eigenvalue weighted by atomic mass is 16.4. The lowest BCUT2D eigenvalue weighted by Crippen LogP contribution is -2.17. The number of carboxylic acid groups (broad SMARTS) is 1. The fourth-order valence-electron chi connectivity index (χ4n) is 2.73. The van der Waals surface area contributed by atoms with E-state index in [-0.39, 0.29) is 0 Å². The number of carboxylic acids is 1. The lowest BCUT2D eigenvalue weighted by Gasteiger charge is -2.26. The van der Waals surface area contributed by atoms with Crippen molar-refractivity contribution in [3.05, 3.63) is 36.0 Å². The van der Waals surface area contributed by atoms with Crippen LogP contribution in [0.5, 0.6) is 0 Å². The van der Waals surface area contributed by atoms with Gasteiger partial charge in [0.05, 0.1) is 5.92 Å². The van der Waals surface area contributed by atoms with Crippen LogP contribution in [0.4, 0.5) is 0 Å². The van der Waals surface area contributed by atoms with Gasteiger partial charge in [-0.1, -0.05) is 18.6 Å². The van der Waals surface area contributed by atoms with E-state index in [4.69, 9.17) is 5.11 Å². The maximum Gasteiger partial charge on any atom is 0.310 e. The molecule has 0 amide bonds. The molecule has 1 aliphatic rings. The van der Waals surface area contributed by atoms with Crippen LogP contribution in [-0.4, -0.2) is 15.6 Å². The van der Waals surface area contributed by atoms with E-state index in [1.807, 2.05) is 18.2 Å². The first-order valence-electron chi connectivity index (χ1n) is 6.97. The monoisotopic (exact) mass is 257 g/mol. The Morgan fingerprint density at radius 2 is 2.21 bits per heavy atom. The second-order valence-electron chi connectivity index (χ2n) is 5.64. The van der Waals surface area contributed by atoms with E-state index in [1.165, 1.54) is 24.6 Å². The van der Waals surface area contributed by atoms with E-state index in [9.17, 15) is 4.79 Å². The van der Waals surface area contributed by atoms with Crippen LogP contribution in [0.25, 0.3) is 10.9 Å². The molecule has 0 saturated heterocycles. The fraction of sp³-hybridized carbons (Fsp3) is 0.438. The second kappa shape index (κ2) is 4.72. The maximum absolute atomic E-state index is 11.1. The topological polar surface area (TPSA) is 42.2 Å². The van der Waals surface area contributed by atoms with Crippen molar-refractivity contribution in [3.63, 3.8) is 0 Å². The number of carbonyl (C=O) groups is 1. The minimum absolute atomic E-state index is 0.448. The summed E-state index contributed by atoms with van der Waals surface area (Å²) in [5, 5.41) is 10.3. The molecule has 3 nitrogen and oxygen atoms in total. The molecule has 3 heteroatoms. The molecule has 1 aliphatic carbocycles. The summed E-state index contributed by atoms with van der Waals surface area (Å²) in [6, 6.07) is 8.10. The summed E-state index contributed by atoms with van der Waals surface area (Å²) >= 11 is 0. The molecular formula is C16H19NO2. The number of aromatic nitrogens is 1. The van der Waals surface area contributed by atoms with Crippen molar-refractivity contribution in [1.29, 1.82) is 0 Å². The molecule has 1 unspecified atom stereocenters. The Balaban J connectivity index is 1.95. The van der Waals surface area contributed by atoms with Gasteiger partial charge in [-0.3, -0.25) is 4.79 Å². The van der Waals surface area contributed by atoms with E-state index in [0.717, 1.165) is 23.5 Å². The van der Waals surface area contributed by atoms with Crippen LogP contribution in [0.15, 0.2) is 30.5 Å². The van der Waals surface area contributed by atoms with Gasteiger partial charge in [0.25, 0.3) is 0 Å². The summed E-state index contributed by atoms with van der Waals surface area (Å²) < 4.78 is 2.28. The zero-order chi connectivity index (χ0) is 13.4. The van der Waals surface area contributed by atoms with Crippen LogP contribution in [0.2, 0.25) is 0 Å². The normalized spacial score (nSPS) is 17.3. The molecule has 1 heterocycles. The van der Waals surface area contributed by atoms with Gasteiger partial charge >= 0.3 is 5.97 Å². The predicted octanol–water partition coefficient (Wildman–Crippen LogP) is 3.63. The average molecular weight is 257 g/mol. The minimum Gasteiger partial charge on any atom is -0.481 e. The lowest BCUT2D eigenvalue weighted by molar-refractivity contribution is -0.138. The van der Waals surface area contributed by atoms with Gasteiger partial charge in [0.2, 0.25) is 0 Å². The van der Waals surface area contributed by atoms with Crippen molar-refractivity contribution in [2.75, 3.05) is 0 Å². The van der Waals surface area contributed by atoms with Crippen molar-refractivity contribution in [3.8, 4) is 0 Å². The van der Waals surface area contributed by atoms with Crippen LogP contribution in [0.1, 0.15) is 37.7 Å². The molecule has 1 N–H and O–H groups in total. The molecule has 0 radical (unpaired) electrons. The Morgan fingerprint density at radius 1 is 1.42 bits per heavy atom. The molecule has 1 fully saturated rings. The standard InChI is InChI=1S/C16H19NO2/c1-11(16(18)19)14-6-5-13-7-8-17(15(13)9-14)10-12-3-2-4-12/h5-9,11-12H,2-4,10H2,1H3,(H,18,19). The number of hydrogen-bond donors (Lipinski definition) is 1. The molecule has 1 atom stereocenters. The summed E-state index contributed by atoms with van der Waals surface area (Å²) in [7, 11) is 0. The van der Waals surface area contributed by atoms with Crippen LogP contribution in [0.3, 0.4) is 0 Å². The first kappa shape index (κ1) is 12.3. The molecule has 0 bridgehead atoms. The van der Waals surface area contributed by atoms with E-state index in [2.05, 4.69) is 16.8 Å². The smallest absolute Gasteiger partial charge is 0.310 e. The summed E-state index contributed by atoms with van der Waals surface area (Å²) in [5.74, 6) is -0.413. The van der Waals surface area contributed by atoms with Crippen LogP contribution in [0, 0.1) is 5.92 Å². The number of fused-ring (bicyclic) bond motifs is 1. The van der Waals surface area contributed by atoms with E-state index >= 15 is 0 Å². The average Bonchev–Trinajstić information content (AvgIpc) is 2.75. The van der Waals surface area contributed by atoms with Gasteiger partial charge in [0.1, 0.15) is 0 Å². The SMILES string of the molecule is CC(C(=O)O)c1ccc2ccn(CC3CCC3)c2c1. The van der Waals surface area contributed by atoms with Gasteiger partial charge in [-0.2, -0.15) is 0 Å². The third-order valence-corrected chi connectivity index (χ3v) is 4.35. The largest absolute Gasteiger partial charge is 0.481 e. The van der Waals surface area contributed by atoms with Crippen molar-refractivity contribution in [2.45, 2.75) is 38.6 Å². The Labute approximate surface area is 112 Å². The highest BCUT2D eigenvalue weighted by Crippen LogP contribution is 2.30. The quantitative estimate of drug-likeness (QED) is 0.908. The van der Waals surface area contributed by atoms with Gasteiger partial charge in [-0.15, -0.1) is 0 Å². The summed E-state index contributed by atoms with van der Waals surface area (Å²) in [5.41, 5.74) is 2.05. The van der Waals surface area contributed by atoms with Gasteiger partial charge in [0, 0.05) is 18.3 Å². The van der Waals surface area contributed by atoms with E-state index in [1.54, 1.807) is 6.92 Å². The number of aliphatic carboxylic acids is 1. The fourth-order valence-corrected chi connectivity index (χ4v) is 2.73. The van der Waals surface area contributed by atoms with Crippen LogP contribution < -0.4 is 0 Å². The van der Waals surface area contributed by atoms with Gasteiger partial charge in [0.15, 0.2) is 0 Å². The Morgan fingerprint density at radius 3 is 2.84 bits per heavy atom. The predicted molar refractivity (Wildman–Crippen MR) is 75.3 cm³/mol. The van der Waals surface area contributed by atoms with Gasteiger partial charge in [-0.05, 0) is 48.8 Å². The highest BCUT2D eigenvalue weighted by molar-refractivity contribution is 5.83. The van der Waals surface area contributed by atoms with Crippen molar-refractivity contribution in [1.82, 2.24) is 4.57 Å². The molecule has 19 heavy (non-hydrogen) atoms. The van der Waals surface area contributed by atoms with Crippen molar-refractivity contribution in [2.24, 2.45) is 5.92 Å².